The molecule has 4 N–H and O–H groups in total. The van der Waals surface area contributed by atoms with E-state index in [4.69, 9.17) is 0 Å². The van der Waals surface area contributed by atoms with Gasteiger partial charge in [-0.25, -0.2) is 4.79 Å². The average molecular weight is 648 g/mol. The molecule has 11 nitrogen and oxygen atoms in total. The number of nitrogens with one attached hydrogen (secondary N) is 4. The van der Waals surface area contributed by atoms with Crippen molar-refractivity contribution in [2.45, 2.75) is 133 Å². The molecule has 5 fully saturated rings. The van der Waals surface area contributed by atoms with Gasteiger partial charge in [-0.05, 0) is 62.7 Å². The summed E-state index contributed by atoms with van der Waals surface area (Å²) in [4.78, 5) is 81.9. The third kappa shape index (κ3) is 8.76. The van der Waals surface area contributed by atoms with Crippen molar-refractivity contribution < 1.29 is 34.5 Å². The molecule has 2 heterocycles. The molecule has 6 atom stereocenters. The van der Waals surface area contributed by atoms with E-state index in [1.807, 2.05) is 0 Å². The van der Waals surface area contributed by atoms with Crippen molar-refractivity contribution in [3.8, 4) is 0 Å². The molecule has 0 aromatic heterocycles. The number of ketones is 2. The van der Waals surface area contributed by atoms with Crippen molar-refractivity contribution in [2.75, 3.05) is 13.1 Å². The minimum Gasteiger partial charge on any atom is -0.346 e. The molecule has 5 aliphatic rings. The zero-order chi connectivity index (χ0) is 32.6. The highest BCUT2D eigenvalue weighted by Gasteiger charge is 2.57. The predicted octanol–water partition coefficient (Wildman–Crippen LogP) is 4.29. The molecule has 3 aliphatic carbocycles. The molecule has 46 heavy (non-hydrogen) atoms. The number of hydrogen-bond donors (Lipinski definition) is 4. The van der Waals surface area contributed by atoms with Crippen LogP contribution in [0.2, 0.25) is 0 Å². The van der Waals surface area contributed by atoms with Gasteiger partial charge in [-0.15, -0.1) is 6.58 Å². The normalized spacial score (nSPS) is 30.2. The summed E-state index contributed by atoms with van der Waals surface area (Å²) in [6, 6.07) is -3.59. The van der Waals surface area contributed by atoms with Gasteiger partial charge in [-0.2, -0.15) is 0 Å². The van der Waals surface area contributed by atoms with Crippen LogP contribution in [0.3, 0.4) is 0 Å². The van der Waals surface area contributed by atoms with Crippen molar-refractivity contribution in [1.29, 1.82) is 0 Å². The van der Waals surface area contributed by atoms with Gasteiger partial charge >= 0.3 is 6.03 Å². The lowest BCUT2D eigenvalue weighted by molar-refractivity contribution is -0.143. The molecule has 2 saturated heterocycles. The van der Waals surface area contributed by atoms with Crippen LogP contribution in [-0.4, -0.2) is 77.5 Å². The summed E-state index contributed by atoms with van der Waals surface area (Å²) in [6.07, 6.45) is 16.2. The van der Waals surface area contributed by atoms with Crippen molar-refractivity contribution in [3.05, 3.63) is 12.7 Å². The fourth-order valence-electron chi connectivity index (χ4n) is 7.85. The first-order valence-corrected chi connectivity index (χ1v) is 17.9. The van der Waals surface area contributed by atoms with Gasteiger partial charge in [-0.3, -0.25) is 24.0 Å². The van der Waals surface area contributed by atoms with Gasteiger partial charge < -0.3 is 26.2 Å². The molecule has 0 radical (unpaired) electrons. The predicted molar refractivity (Wildman–Crippen MR) is 181 cm³/mol. The minimum atomic E-state index is -0.972. The van der Waals surface area contributed by atoms with Crippen LogP contribution in [0.4, 0.5) is 4.79 Å². The van der Waals surface area contributed by atoms with Crippen LogP contribution in [0.1, 0.15) is 115 Å². The Morgan fingerprint density at radius 2 is 1.52 bits per heavy atom. The second kappa shape index (κ2) is 16.0. The van der Waals surface area contributed by atoms with Crippen molar-refractivity contribution in [1.82, 2.24) is 26.2 Å². The van der Waals surface area contributed by atoms with Gasteiger partial charge in [-0.1, -0.05) is 70.3 Å². The van der Waals surface area contributed by atoms with E-state index >= 15 is 0 Å². The topological polar surface area (TPSA) is 154 Å². The number of rotatable bonds is 9. The van der Waals surface area contributed by atoms with Crippen LogP contribution in [0.5, 0.6) is 0 Å². The SMILES string of the molecule is C=CCNC(=O)C(=O)[C@@H]1CCCCCCCCC[C@H](NC(=O)N[C@H](C(=O)C2CC2)C2CCCCC2)C(=O)N2CC3C[C@@H]3C2C(=O)N1.[HH].[HH].[HH].[HH]. The Bertz CT molecular complexity index is 1180. The lowest BCUT2D eigenvalue weighted by Crippen LogP contribution is -2.59. The van der Waals surface area contributed by atoms with Crippen LogP contribution >= 0.6 is 0 Å². The molecule has 2 unspecified atom stereocenters. The summed E-state index contributed by atoms with van der Waals surface area (Å²) in [5.74, 6) is -1.72. The van der Waals surface area contributed by atoms with E-state index in [2.05, 4.69) is 27.8 Å². The second-order valence-electron chi connectivity index (χ2n) is 14.3. The van der Waals surface area contributed by atoms with Crippen LogP contribution in [0.15, 0.2) is 12.7 Å². The molecule has 5 rings (SSSR count). The quantitative estimate of drug-likeness (QED) is 0.216. The summed E-state index contributed by atoms with van der Waals surface area (Å²) >= 11 is 0. The zero-order valence-corrected chi connectivity index (χ0v) is 27.2. The van der Waals surface area contributed by atoms with Crippen LogP contribution < -0.4 is 21.3 Å². The maximum absolute atomic E-state index is 14.1. The summed E-state index contributed by atoms with van der Waals surface area (Å²) in [5.41, 5.74) is 0. The molecular formula is C35H61N5O6. The first-order valence-electron chi connectivity index (χ1n) is 17.9. The summed E-state index contributed by atoms with van der Waals surface area (Å²) in [6.45, 7) is 4.14. The third-order valence-corrected chi connectivity index (χ3v) is 10.7. The molecule has 0 aromatic rings. The maximum atomic E-state index is 14.1. The Balaban J connectivity index is 0.00000312. The number of carbonyl (C=O) groups excluding carboxylic acids is 6. The Labute approximate surface area is 278 Å². The lowest BCUT2D eigenvalue weighted by atomic mass is 9.81. The summed E-state index contributed by atoms with van der Waals surface area (Å²) in [7, 11) is 0. The van der Waals surface area contributed by atoms with E-state index < -0.39 is 47.8 Å². The number of Topliss-reactive ketones (excluding diaryl/α,β-unsaturated/α-hetero) is 2. The largest absolute Gasteiger partial charge is 0.346 e. The first-order chi connectivity index (χ1) is 22.3. The standard InChI is InChI=1S/C35H53N5O6.4H2/c1-2-19-36-33(44)31(42)26-15-11-6-4-3-5-7-12-16-27(34(45)40-21-24-20-25(24)29(40)32(43)37-26)38-35(46)39-28(30(41)23-17-18-23)22-13-9-8-10-14-22;;;;/h2,22-29H,1,3-21H2,(H,36,44)(H,37,43)(H2,38,39,46);4*1H/t24?,25-,26-,27-,28-,29?;;;;/m0..../s1. The van der Waals surface area contributed by atoms with E-state index in [-0.39, 0.29) is 47.6 Å². The van der Waals surface area contributed by atoms with Gasteiger partial charge in [0.05, 0.1) is 12.1 Å². The van der Waals surface area contributed by atoms with Crippen molar-refractivity contribution in [3.63, 3.8) is 0 Å². The molecule has 2 aliphatic heterocycles. The molecule has 262 valence electrons. The van der Waals surface area contributed by atoms with E-state index in [9.17, 15) is 28.8 Å². The molecule has 0 bridgehead atoms. The third-order valence-electron chi connectivity index (χ3n) is 10.7. The molecule has 11 heteroatoms. The van der Waals surface area contributed by atoms with Gasteiger partial charge in [0.25, 0.3) is 5.91 Å². The number of urea groups is 1. The highest BCUT2D eigenvalue weighted by molar-refractivity contribution is 6.38. The number of carbonyl (C=O) groups is 6. The highest BCUT2D eigenvalue weighted by Crippen LogP contribution is 2.50. The maximum Gasteiger partial charge on any atom is 0.316 e. The van der Waals surface area contributed by atoms with Crippen molar-refractivity contribution in [2.24, 2.45) is 23.7 Å². The second-order valence-corrected chi connectivity index (χ2v) is 14.3. The lowest BCUT2D eigenvalue weighted by Gasteiger charge is -2.33. The average Bonchev–Trinajstić information content (AvgIpc) is 4.00. The van der Waals surface area contributed by atoms with Crippen LogP contribution in [0, 0.1) is 23.7 Å². The Hall–Kier alpha value is -3.24. The monoisotopic (exact) mass is 647 g/mol. The van der Waals surface area contributed by atoms with E-state index in [0.717, 1.165) is 89.9 Å². The minimum absolute atomic E-state index is 0. The van der Waals surface area contributed by atoms with Crippen LogP contribution in [0.25, 0.3) is 0 Å². The highest BCUT2D eigenvalue weighted by atomic mass is 16.2. The number of fused-ring (bicyclic) bond motifs is 3. The summed E-state index contributed by atoms with van der Waals surface area (Å²) < 4.78 is 0. The zero-order valence-electron chi connectivity index (χ0n) is 27.2. The molecule has 0 aromatic carbocycles. The number of hydrogen-bond acceptors (Lipinski definition) is 6. The van der Waals surface area contributed by atoms with Crippen LogP contribution in [-0.2, 0) is 24.0 Å². The fraction of sp³-hybridized carbons (Fsp3) is 0.771. The number of piperidine rings is 1. The van der Waals surface area contributed by atoms with Gasteiger partial charge in [0, 0.05) is 24.7 Å². The molecule has 3 saturated carbocycles. The van der Waals surface area contributed by atoms with Gasteiger partial charge in [0.15, 0.2) is 5.78 Å². The molecular weight excluding hydrogens is 586 g/mol. The molecule has 5 amide bonds. The smallest absolute Gasteiger partial charge is 0.316 e. The summed E-state index contributed by atoms with van der Waals surface area (Å²) in [5, 5.41) is 11.3. The fourth-order valence-corrected chi connectivity index (χ4v) is 7.85. The first kappa shape index (κ1) is 34.1. The van der Waals surface area contributed by atoms with E-state index in [1.54, 1.807) is 4.90 Å². The van der Waals surface area contributed by atoms with Gasteiger partial charge in [0.2, 0.25) is 17.6 Å². The van der Waals surface area contributed by atoms with E-state index in [1.165, 1.54) is 6.08 Å². The van der Waals surface area contributed by atoms with E-state index in [0.29, 0.717) is 25.8 Å². The Kier molecular flexibility index (Phi) is 11.9. The number of amides is 5. The Morgan fingerprint density at radius 1 is 0.891 bits per heavy atom. The van der Waals surface area contributed by atoms with Gasteiger partial charge in [0.1, 0.15) is 12.1 Å². The Morgan fingerprint density at radius 3 is 2.20 bits per heavy atom. The number of nitrogens with zero attached hydrogens (tertiary/aromatic N) is 1. The van der Waals surface area contributed by atoms with Crippen molar-refractivity contribution >= 4 is 35.3 Å². The molecule has 0 spiro atoms.